The number of carbonyl (C=O) groups is 1. The van der Waals surface area contributed by atoms with Crippen LogP contribution in [0.2, 0.25) is 0 Å². The third kappa shape index (κ3) is 5.75. The summed E-state index contributed by atoms with van der Waals surface area (Å²) in [7, 11) is -0.664. The lowest BCUT2D eigenvalue weighted by atomic mass is 9.77. The first-order valence-electron chi connectivity index (χ1n) is 9.22. The van der Waals surface area contributed by atoms with Crippen LogP contribution >= 0.6 is 15.9 Å². The Bertz CT molecular complexity index is 754. The van der Waals surface area contributed by atoms with E-state index in [9.17, 15) is 9.90 Å². The molecule has 2 rings (SSSR count). The number of benzene rings is 1. The fourth-order valence-electron chi connectivity index (χ4n) is 2.52. The van der Waals surface area contributed by atoms with Gasteiger partial charge in [0.15, 0.2) is 0 Å². The van der Waals surface area contributed by atoms with Crippen LogP contribution in [0.3, 0.4) is 0 Å². The Morgan fingerprint density at radius 3 is 2.32 bits per heavy atom. The van der Waals surface area contributed by atoms with Crippen LogP contribution in [0.25, 0.3) is 6.08 Å². The summed E-state index contributed by atoms with van der Waals surface area (Å²) < 4.78 is 18.3. The molecule has 28 heavy (non-hydrogen) atoms. The van der Waals surface area contributed by atoms with E-state index in [1.54, 1.807) is 39.0 Å². The zero-order valence-electron chi connectivity index (χ0n) is 17.6. The summed E-state index contributed by atoms with van der Waals surface area (Å²) in [6.45, 7) is 13.4. The average Bonchev–Trinajstić information content (AvgIpc) is 2.71. The van der Waals surface area contributed by atoms with E-state index >= 15 is 0 Å². The highest BCUT2D eigenvalue weighted by Gasteiger charge is 2.52. The van der Waals surface area contributed by atoms with Crippen LogP contribution in [0, 0.1) is 0 Å². The quantitative estimate of drug-likeness (QED) is 0.646. The van der Waals surface area contributed by atoms with Crippen molar-refractivity contribution in [3.8, 4) is 5.75 Å². The molecule has 1 aromatic rings. The van der Waals surface area contributed by atoms with Crippen LogP contribution < -0.4 is 5.32 Å². The molecule has 0 atom stereocenters. The summed E-state index contributed by atoms with van der Waals surface area (Å²) in [5.74, 6) is 0.112. The van der Waals surface area contributed by atoms with E-state index in [1.807, 2.05) is 33.8 Å². The number of nitrogens with one attached hydrogen (secondary N) is 1. The van der Waals surface area contributed by atoms with Gasteiger partial charge >= 0.3 is 13.2 Å². The minimum atomic E-state index is -0.664. The maximum Gasteiger partial charge on any atom is 0.492 e. The summed E-state index contributed by atoms with van der Waals surface area (Å²) in [4.78, 5) is 12.1. The molecule has 1 aromatic carbocycles. The summed E-state index contributed by atoms with van der Waals surface area (Å²) in [5.41, 5.74) is -0.377. The van der Waals surface area contributed by atoms with Crippen LogP contribution in [0.15, 0.2) is 28.1 Å². The van der Waals surface area contributed by atoms with E-state index in [0.717, 1.165) is 4.47 Å². The van der Waals surface area contributed by atoms with Crippen molar-refractivity contribution in [3.05, 3.63) is 33.7 Å². The second-order valence-corrected chi connectivity index (χ2v) is 9.78. The van der Waals surface area contributed by atoms with Gasteiger partial charge in [-0.2, -0.15) is 0 Å². The van der Waals surface area contributed by atoms with Crippen molar-refractivity contribution in [2.45, 2.75) is 65.3 Å². The molecule has 1 amide bonds. The molecule has 1 aliphatic rings. The summed E-state index contributed by atoms with van der Waals surface area (Å²) in [5, 5.41) is 13.0. The molecule has 0 bridgehead atoms. The number of aromatic hydroxyl groups is 1. The topological polar surface area (TPSA) is 77.0 Å². The SMILES string of the molecule is CC(C)(C)OC(=O)NCC(=Cc1ccc(Br)cc1O)B1OC(C)(C)C(C)(C)O1. The Kier molecular flexibility index (Phi) is 6.58. The van der Waals surface area contributed by atoms with E-state index in [-0.39, 0.29) is 12.3 Å². The number of amides is 1. The second kappa shape index (κ2) is 8.09. The lowest BCUT2D eigenvalue weighted by molar-refractivity contribution is 0.00578. The van der Waals surface area contributed by atoms with Gasteiger partial charge in [-0.15, -0.1) is 0 Å². The number of carbonyl (C=O) groups excluding carboxylic acids is 1. The van der Waals surface area contributed by atoms with Gasteiger partial charge in [0.2, 0.25) is 0 Å². The fraction of sp³-hybridized carbons (Fsp3) is 0.550. The number of ether oxygens (including phenoxy) is 1. The van der Waals surface area contributed by atoms with Crippen LogP contribution in [0.5, 0.6) is 5.75 Å². The lowest BCUT2D eigenvalue weighted by Gasteiger charge is -2.32. The molecule has 2 N–H and O–H groups in total. The smallest absolute Gasteiger partial charge is 0.492 e. The predicted molar refractivity (Wildman–Crippen MR) is 114 cm³/mol. The first kappa shape index (κ1) is 22.8. The number of phenolic OH excluding ortho intramolecular Hbond substituents is 1. The number of alkyl carbamates (subject to hydrolysis) is 1. The molecule has 0 unspecified atom stereocenters. The minimum Gasteiger partial charge on any atom is -0.507 e. The van der Waals surface area contributed by atoms with Crippen LogP contribution in [-0.2, 0) is 14.0 Å². The van der Waals surface area contributed by atoms with E-state index < -0.39 is 30.0 Å². The molecule has 1 fully saturated rings. The molecular formula is C20H29BBrNO5. The minimum absolute atomic E-state index is 0.112. The molecule has 8 heteroatoms. The highest BCUT2D eigenvalue weighted by molar-refractivity contribution is 9.10. The van der Waals surface area contributed by atoms with Crippen molar-refractivity contribution in [1.82, 2.24) is 5.32 Å². The van der Waals surface area contributed by atoms with Crippen molar-refractivity contribution in [2.75, 3.05) is 6.54 Å². The van der Waals surface area contributed by atoms with Crippen LogP contribution in [-0.4, -0.2) is 41.7 Å². The average molecular weight is 454 g/mol. The summed E-state index contributed by atoms with van der Waals surface area (Å²) in [6, 6.07) is 5.21. The van der Waals surface area contributed by atoms with Gasteiger partial charge in [-0.1, -0.05) is 28.1 Å². The van der Waals surface area contributed by atoms with Crippen molar-refractivity contribution in [1.29, 1.82) is 0 Å². The number of hydrogen-bond acceptors (Lipinski definition) is 5. The molecule has 1 aliphatic heterocycles. The molecule has 1 heterocycles. The third-order valence-electron chi connectivity index (χ3n) is 4.73. The third-order valence-corrected chi connectivity index (χ3v) is 5.22. The van der Waals surface area contributed by atoms with Gasteiger partial charge in [-0.05, 0) is 66.1 Å². The highest BCUT2D eigenvalue weighted by Crippen LogP contribution is 2.39. The normalized spacial score (nSPS) is 18.9. The van der Waals surface area contributed by atoms with Crippen LogP contribution in [0.1, 0.15) is 54.0 Å². The van der Waals surface area contributed by atoms with Crippen molar-refractivity contribution >= 4 is 35.2 Å². The first-order chi connectivity index (χ1) is 12.7. The first-order valence-corrected chi connectivity index (χ1v) is 10.0. The molecule has 0 spiro atoms. The highest BCUT2D eigenvalue weighted by atomic mass is 79.9. The molecule has 0 radical (unpaired) electrons. The number of hydrogen-bond donors (Lipinski definition) is 2. The standard InChI is InChI=1S/C20H29BBrNO5/c1-18(2,3)26-17(25)23-12-14(10-13-8-9-15(22)11-16(13)24)21-27-19(4,5)20(6,7)28-21/h8-11,24H,12H2,1-7H3,(H,23,25). The van der Waals surface area contributed by atoms with Crippen molar-refractivity contribution in [3.63, 3.8) is 0 Å². The van der Waals surface area contributed by atoms with Gasteiger partial charge in [0.1, 0.15) is 11.4 Å². The summed E-state index contributed by atoms with van der Waals surface area (Å²) >= 11 is 3.33. The van der Waals surface area contributed by atoms with Gasteiger partial charge < -0.3 is 24.5 Å². The Hall–Kier alpha value is -1.51. The number of rotatable bonds is 4. The fourth-order valence-corrected chi connectivity index (χ4v) is 2.87. The monoisotopic (exact) mass is 453 g/mol. The number of halogens is 1. The van der Waals surface area contributed by atoms with Crippen LogP contribution in [0.4, 0.5) is 4.79 Å². The van der Waals surface area contributed by atoms with E-state index in [2.05, 4.69) is 21.2 Å². The zero-order valence-corrected chi connectivity index (χ0v) is 19.1. The van der Waals surface area contributed by atoms with E-state index in [1.165, 1.54) is 0 Å². The molecule has 6 nitrogen and oxygen atoms in total. The maximum atomic E-state index is 12.1. The van der Waals surface area contributed by atoms with Gasteiger partial charge in [-0.3, -0.25) is 0 Å². The summed E-state index contributed by atoms with van der Waals surface area (Å²) in [6.07, 6.45) is 1.23. The predicted octanol–water partition coefficient (Wildman–Crippen LogP) is 4.69. The molecular weight excluding hydrogens is 425 g/mol. The van der Waals surface area contributed by atoms with E-state index in [4.69, 9.17) is 14.0 Å². The number of phenols is 1. The second-order valence-electron chi connectivity index (χ2n) is 8.87. The van der Waals surface area contributed by atoms with Crippen molar-refractivity contribution < 1.29 is 23.9 Å². The molecule has 154 valence electrons. The van der Waals surface area contributed by atoms with Gasteiger partial charge in [0.05, 0.1) is 11.2 Å². The van der Waals surface area contributed by atoms with E-state index in [0.29, 0.717) is 11.0 Å². The van der Waals surface area contributed by atoms with Crippen molar-refractivity contribution in [2.24, 2.45) is 0 Å². The Balaban J connectivity index is 2.28. The zero-order chi connectivity index (χ0) is 21.3. The Morgan fingerprint density at radius 2 is 1.82 bits per heavy atom. The Labute approximate surface area is 175 Å². The van der Waals surface area contributed by atoms with Gasteiger partial charge in [0, 0.05) is 16.6 Å². The molecule has 0 aliphatic carbocycles. The maximum absolute atomic E-state index is 12.1. The largest absolute Gasteiger partial charge is 0.507 e. The Morgan fingerprint density at radius 1 is 1.25 bits per heavy atom. The lowest BCUT2D eigenvalue weighted by Crippen LogP contribution is -2.41. The van der Waals surface area contributed by atoms with Gasteiger partial charge in [0.25, 0.3) is 0 Å². The molecule has 0 aromatic heterocycles. The molecule has 1 saturated heterocycles. The van der Waals surface area contributed by atoms with Gasteiger partial charge in [-0.25, -0.2) is 4.79 Å². The molecule has 0 saturated carbocycles.